The summed E-state index contributed by atoms with van der Waals surface area (Å²) in [5.41, 5.74) is 0.490. The van der Waals surface area contributed by atoms with E-state index in [0.29, 0.717) is 5.41 Å². The van der Waals surface area contributed by atoms with E-state index in [2.05, 4.69) is 52.6 Å². The van der Waals surface area contributed by atoms with Crippen LogP contribution in [-0.4, -0.2) is 10.7 Å². The van der Waals surface area contributed by atoms with Gasteiger partial charge in [0.15, 0.2) is 0 Å². The van der Waals surface area contributed by atoms with E-state index in [-0.39, 0.29) is 0 Å². The van der Waals surface area contributed by atoms with Crippen molar-refractivity contribution in [1.82, 2.24) is 0 Å². The molecule has 0 fully saturated rings. The van der Waals surface area contributed by atoms with Crippen LogP contribution in [0.15, 0.2) is 0 Å². The van der Waals surface area contributed by atoms with Crippen LogP contribution < -0.4 is 0 Å². The lowest BCUT2D eigenvalue weighted by Gasteiger charge is -2.29. The second-order valence-electron chi connectivity index (χ2n) is 4.05. The van der Waals surface area contributed by atoms with Gasteiger partial charge in [0.1, 0.15) is 0 Å². The Morgan fingerprint density at radius 2 is 1.67 bits per heavy atom. The first-order chi connectivity index (χ1) is 5.60. The van der Waals surface area contributed by atoms with Crippen LogP contribution in [0.5, 0.6) is 0 Å². The lowest BCUT2D eigenvalue weighted by molar-refractivity contribution is 0.313. The van der Waals surface area contributed by atoms with Crippen molar-refractivity contribution in [2.45, 2.75) is 40.0 Å². The van der Waals surface area contributed by atoms with Gasteiger partial charge in [-0.3, -0.25) is 0 Å². The van der Waals surface area contributed by atoms with Crippen LogP contribution in [0.2, 0.25) is 0 Å². The van der Waals surface area contributed by atoms with Crippen molar-refractivity contribution < 1.29 is 0 Å². The lowest BCUT2D eigenvalue weighted by atomic mass is 9.83. The molecule has 12 heavy (non-hydrogen) atoms. The average molecular weight is 300 g/mol. The van der Waals surface area contributed by atoms with Crippen molar-refractivity contribution in [3.8, 4) is 0 Å². The van der Waals surface area contributed by atoms with E-state index in [1.807, 2.05) is 0 Å². The molecule has 0 spiro atoms. The van der Waals surface area contributed by atoms with Crippen LogP contribution >= 0.6 is 31.9 Å². The molecule has 0 saturated heterocycles. The fourth-order valence-corrected chi connectivity index (χ4v) is 3.41. The van der Waals surface area contributed by atoms with Crippen molar-refractivity contribution in [3.05, 3.63) is 0 Å². The van der Waals surface area contributed by atoms with Crippen LogP contribution in [0.1, 0.15) is 40.0 Å². The quantitative estimate of drug-likeness (QED) is 0.628. The number of halogens is 2. The van der Waals surface area contributed by atoms with E-state index in [4.69, 9.17) is 0 Å². The fourth-order valence-electron chi connectivity index (χ4n) is 1.13. The minimum absolute atomic E-state index is 0.490. The third kappa shape index (κ3) is 4.27. The summed E-state index contributed by atoms with van der Waals surface area (Å²) in [6, 6.07) is 0. The topological polar surface area (TPSA) is 0 Å². The predicted molar refractivity (Wildman–Crippen MR) is 64.4 cm³/mol. The number of hydrogen-bond donors (Lipinski definition) is 0. The van der Waals surface area contributed by atoms with E-state index < -0.39 is 0 Å². The highest BCUT2D eigenvalue weighted by Gasteiger charge is 2.25. The van der Waals surface area contributed by atoms with Gasteiger partial charge in [0.25, 0.3) is 0 Å². The fraction of sp³-hybridized carbons (Fsp3) is 1.00. The number of rotatable bonds is 6. The highest BCUT2D eigenvalue weighted by molar-refractivity contribution is 9.09. The summed E-state index contributed by atoms with van der Waals surface area (Å²) < 4.78 is 0. The summed E-state index contributed by atoms with van der Waals surface area (Å²) in [4.78, 5) is 0. The van der Waals surface area contributed by atoms with Gasteiger partial charge in [-0.05, 0) is 24.2 Å². The highest BCUT2D eigenvalue weighted by Crippen LogP contribution is 2.33. The van der Waals surface area contributed by atoms with Crippen molar-refractivity contribution in [3.63, 3.8) is 0 Å². The summed E-state index contributed by atoms with van der Waals surface area (Å²) >= 11 is 7.23. The molecule has 0 heterocycles. The van der Waals surface area contributed by atoms with E-state index in [9.17, 15) is 0 Å². The molecule has 0 aromatic rings. The van der Waals surface area contributed by atoms with E-state index >= 15 is 0 Å². The number of hydrogen-bond acceptors (Lipinski definition) is 0. The molecule has 0 aromatic heterocycles. The molecule has 0 unspecified atom stereocenters. The Balaban J connectivity index is 3.93. The first-order valence-electron chi connectivity index (χ1n) is 4.72. The van der Waals surface area contributed by atoms with Gasteiger partial charge < -0.3 is 0 Å². The predicted octanol–water partition coefficient (Wildman–Crippen LogP) is 4.61. The Morgan fingerprint density at radius 1 is 1.17 bits per heavy atom. The molecule has 74 valence electrons. The maximum absolute atomic E-state index is 3.61. The van der Waals surface area contributed by atoms with Crippen molar-refractivity contribution in [2.24, 2.45) is 11.3 Å². The third-order valence-electron chi connectivity index (χ3n) is 2.57. The summed E-state index contributed by atoms with van der Waals surface area (Å²) in [6.45, 7) is 6.87. The first-order valence-corrected chi connectivity index (χ1v) is 6.96. The molecule has 2 heteroatoms. The van der Waals surface area contributed by atoms with E-state index in [1.54, 1.807) is 0 Å². The molecule has 0 N–H and O–H groups in total. The zero-order valence-corrected chi connectivity index (χ0v) is 11.5. The minimum Gasteiger partial charge on any atom is -0.0922 e. The molecule has 0 atom stereocenters. The maximum atomic E-state index is 3.61. The second-order valence-corrected chi connectivity index (χ2v) is 5.17. The molecule has 0 radical (unpaired) electrons. The standard InChI is InChI=1S/C10H20Br2/c1-4-10(7-11,8-12)6-5-9(2)3/h9H,4-8H2,1-3H3. The Morgan fingerprint density at radius 3 is 1.92 bits per heavy atom. The van der Waals surface area contributed by atoms with Crippen molar-refractivity contribution in [1.29, 1.82) is 0 Å². The monoisotopic (exact) mass is 298 g/mol. The molecule has 0 bridgehead atoms. The Kier molecular flexibility index (Phi) is 6.93. The molecule has 0 aliphatic carbocycles. The van der Waals surface area contributed by atoms with Crippen LogP contribution in [0.4, 0.5) is 0 Å². The number of alkyl halides is 2. The average Bonchev–Trinajstić information content (AvgIpc) is 2.08. The van der Waals surface area contributed by atoms with Crippen molar-refractivity contribution >= 4 is 31.9 Å². The molecular weight excluding hydrogens is 280 g/mol. The summed E-state index contributed by atoms with van der Waals surface area (Å²) in [5, 5.41) is 2.24. The summed E-state index contributed by atoms with van der Waals surface area (Å²) in [6.07, 6.45) is 3.93. The molecule has 0 aliphatic heterocycles. The largest absolute Gasteiger partial charge is 0.0922 e. The normalized spacial score (nSPS) is 12.5. The van der Waals surface area contributed by atoms with Gasteiger partial charge in [-0.1, -0.05) is 59.1 Å². The van der Waals surface area contributed by atoms with E-state index in [1.165, 1.54) is 19.3 Å². The molecule has 0 amide bonds. The van der Waals surface area contributed by atoms with Crippen LogP contribution in [0.25, 0.3) is 0 Å². The van der Waals surface area contributed by atoms with Gasteiger partial charge in [-0.2, -0.15) is 0 Å². The van der Waals surface area contributed by atoms with Gasteiger partial charge in [-0.25, -0.2) is 0 Å². The molecular formula is C10H20Br2. The van der Waals surface area contributed by atoms with Gasteiger partial charge in [0.05, 0.1) is 0 Å². The van der Waals surface area contributed by atoms with E-state index in [0.717, 1.165) is 16.6 Å². The molecule has 0 saturated carbocycles. The van der Waals surface area contributed by atoms with Gasteiger partial charge in [0, 0.05) is 10.7 Å². The second kappa shape index (κ2) is 6.42. The lowest BCUT2D eigenvalue weighted by Crippen LogP contribution is -2.24. The van der Waals surface area contributed by atoms with Crippen LogP contribution in [0, 0.1) is 11.3 Å². The smallest absolute Gasteiger partial charge is 0.00958 e. The minimum atomic E-state index is 0.490. The zero-order chi connectivity index (χ0) is 9.61. The summed E-state index contributed by atoms with van der Waals surface area (Å²) in [7, 11) is 0. The van der Waals surface area contributed by atoms with Gasteiger partial charge >= 0.3 is 0 Å². The molecule has 0 aromatic carbocycles. The van der Waals surface area contributed by atoms with Crippen LogP contribution in [-0.2, 0) is 0 Å². The zero-order valence-electron chi connectivity index (χ0n) is 8.37. The summed E-state index contributed by atoms with van der Waals surface area (Å²) in [5.74, 6) is 0.828. The Bertz CT molecular complexity index is 98.1. The van der Waals surface area contributed by atoms with Gasteiger partial charge in [-0.15, -0.1) is 0 Å². The maximum Gasteiger partial charge on any atom is 0.00958 e. The first kappa shape index (κ1) is 13.0. The van der Waals surface area contributed by atoms with Crippen molar-refractivity contribution in [2.75, 3.05) is 10.7 Å². The highest BCUT2D eigenvalue weighted by atomic mass is 79.9. The third-order valence-corrected chi connectivity index (χ3v) is 4.95. The Labute approximate surface area is 93.8 Å². The SMILES string of the molecule is CCC(CBr)(CBr)CCC(C)C. The molecule has 0 nitrogen and oxygen atoms in total. The van der Waals surface area contributed by atoms with Crippen LogP contribution in [0.3, 0.4) is 0 Å². The molecule has 0 rings (SSSR count). The molecule has 0 aliphatic rings. The Hall–Kier alpha value is 0.960. The van der Waals surface area contributed by atoms with Gasteiger partial charge in [0.2, 0.25) is 0 Å².